The molecule has 2 aromatic rings. The SMILES string of the molecule is Cc1sc(C2NC(=N)N(C)C(=O)[C@H]2C)cc1-c1cccc(C#N)c1. The Morgan fingerprint density at radius 2 is 2.12 bits per heavy atom. The first-order valence-electron chi connectivity index (χ1n) is 7.66. The molecule has 0 radical (unpaired) electrons. The van der Waals surface area contributed by atoms with Crippen molar-refractivity contribution in [3.63, 3.8) is 0 Å². The fourth-order valence-electron chi connectivity index (χ4n) is 2.95. The molecular formula is C18H18N4OS. The lowest BCUT2D eigenvalue weighted by molar-refractivity contribution is -0.132. The molecule has 1 fully saturated rings. The summed E-state index contributed by atoms with van der Waals surface area (Å²) in [6.07, 6.45) is 0. The van der Waals surface area contributed by atoms with E-state index < -0.39 is 0 Å². The molecule has 1 aliphatic rings. The summed E-state index contributed by atoms with van der Waals surface area (Å²) in [4.78, 5) is 15.8. The van der Waals surface area contributed by atoms with Gasteiger partial charge in [0, 0.05) is 16.8 Å². The van der Waals surface area contributed by atoms with Crippen LogP contribution in [0.15, 0.2) is 30.3 Å². The smallest absolute Gasteiger partial charge is 0.234 e. The second kappa shape index (κ2) is 6.10. The Morgan fingerprint density at radius 3 is 2.83 bits per heavy atom. The summed E-state index contributed by atoms with van der Waals surface area (Å²) < 4.78 is 0. The van der Waals surface area contributed by atoms with E-state index in [0.29, 0.717) is 5.56 Å². The summed E-state index contributed by atoms with van der Waals surface area (Å²) in [7, 11) is 1.61. The molecule has 0 saturated carbocycles. The van der Waals surface area contributed by atoms with E-state index in [0.717, 1.165) is 20.9 Å². The number of carbonyl (C=O) groups is 1. The molecule has 1 amide bonds. The topological polar surface area (TPSA) is 80.0 Å². The highest BCUT2D eigenvalue weighted by atomic mass is 32.1. The normalized spacial score (nSPS) is 20.7. The molecule has 1 aromatic carbocycles. The molecule has 2 N–H and O–H groups in total. The molecule has 1 aliphatic heterocycles. The van der Waals surface area contributed by atoms with Crippen molar-refractivity contribution in [2.75, 3.05) is 7.05 Å². The van der Waals surface area contributed by atoms with Crippen molar-refractivity contribution in [2.45, 2.75) is 19.9 Å². The van der Waals surface area contributed by atoms with E-state index in [1.54, 1.807) is 24.5 Å². The Kier molecular flexibility index (Phi) is 4.12. The standard InChI is InChI=1S/C18H18N4OS/c1-10-16(21-18(20)22(3)17(10)23)15-8-14(11(2)24-15)13-6-4-5-12(7-13)9-19/h4-8,10,16H,1-3H3,(H2,20,21)/t10-,16?/m0/s1. The van der Waals surface area contributed by atoms with Crippen molar-refractivity contribution in [3.8, 4) is 17.2 Å². The molecular weight excluding hydrogens is 320 g/mol. The Hall–Kier alpha value is -2.65. The van der Waals surface area contributed by atoms with Gasteiger partial charge in [-0.05, 0) is 36.2 Å². The van der Waals surface area contributed by atoms with E-state index in [1.165, 1.54) is 4.90 Å². The fourth-order valence-corrected chi connectivity index (χ4v) is 4.15. The van der Waals surface area contributed by atoms with Gasteiger partial charge in [-0.15, -0.1) is 11.3 Å². The fraction of sp³-hybridized carbons (Fsp3) is 0.278. The zero-order chi connectivity index (χ0) is 17.4. The van der Waals surface area contributed by atoms with Gasteiger partial charge in [-0.1, -0.05) is 19.1 Å². The van der Waals surface area contributed by atoms with Crippen LogP contribution in [-0.4, -0.2) is 23.8 Å². The number of benzene rings is 1. The molecule has 24 heavy (non-hydrogen) atoms. The Morgan fingerprint density at radius 1 is 1.38 bits per heavy atom. The number of hydrogen-bond acceptors (Lipinski definition) is 4. The van der Waals surface area contributed by atoms with Crippen LogP contribution in [0.1, 0.15) is 28.3 Å². The van der Waals surface area contributed by atoms with Crippen molar-refractivity contribution < 1.29 is 4.79 Å². The summed E-state index contributed by atoms with van der Waals surface area (Å²) in [6, 6.07) is 11.5. The number of nitrogens with one attached hydrogen (secondary N) is 2. The largest absolute Gasteiger partial charge is 0.348 e. The maximum absolute atomic E-state index is 12.3. The molecule has 1 aromatic heterocycles. The number of rotatable bonds is 2. The average molecular weight is 338 g/mol. The lowest BCUT2D eigenvalue weighted by Gasteiger charge is -2.35. The van der Waals surface area contributed by atoms with Crippen molar-refractivity contribution in [1.82, 2.24) is 10.2 Å². The number of guanidine groups is 1. The summed E-state index contributed by atoms with van der Waals surface area (Å²) in [5.41, 5.74) is 2.69. The predicted molar refractivity (Wildman–Crippen MR) is 94.7 cm³/mol. The van der Waals surface area contributed by atoms with Crippen LogP contribution in [0.2, 0.25) is 0 Å². The van der Waals surface area contributed by atoms with Crippen molar-refractivity contribution in [2.24, 2.45) is 5.92 Å². The van der Waals surface area contributed by atoms with Crippen molar-refractivity contribution >= 4 is 23.2 Å². The van der Waals surface area contributed by atoms with Gasteiger partial charge in [0.1, 0.15) is 0 Å². The maximum atomic E-state index is 12.3. The van der Waals surface area contributed by atoms with Crippen LogP contribution < -0.4 is 5.32 Å². The van der Waals surface area contributed by atoms with Gasteiger partial charge in [0.25, 0.3) is 0 Å². The summed E-state index contributed by atoms with van der Waals surface area (Å²) in [6.45, 7) is 3.92. The minimum absolute atomic E-state index is 0.0529. The van der Waals surface area contributed by atoms with Crippen LogP contribution in [0.4, 0.5) is 0 Å². The van der Waals surface area contributed by atoms with Crippen LogP contribution in [0.5, 0.6) is 0 Å². The molecule has 2 heterocycles. The van der Waals surface area contributed by atoms with Crippen LogP contribution in [0, 0.1) is 29.6 Å². The van der Waals surface area contributed by atoms with Crippen LogP contribution in [0.25, 0.3) is 11.1 Å². The third kappa shape index (κ3) is 2.68. The highest BCUT2D eigenvalue weighted by Gasteiger charge is 2.36. The van der Waals surface area contributed by atoms with E-state index in [1.807, 2.05) is 32.0 Å². The first-order valence-corrected chi connectivity index (χ1v) is 8.47. The van der Waals surface area contributed by atoms with Crippen molar-refractivity contribution in [1.29, 1.82) is 10.7 Å². The van der Waals surface area contributed by atoms with E-state index in [9.17, 15) is 4.79 Å². The number of amides is 1. The van der Waals surface area contributed by atoms with E-state index in [2.05, 4.69) is 17.5 Å². The molecule has 0 aliphatic carbocycles. The zero-order valence-corrected chi connectivity index (χ0v) is 14.6. The third-order valence-electron chi connectivity index (χ3n) is 4.39. The highest BCUT2D eigenvalue weighted by molar-refractivity contribution is 7.12. The molecule has 0 spiro atoms. The highest BCUT2D eigenvalue weighted by Crippen LogP contribution is 2.38. The van der Waals surface area contributed by atoms with Gasteiger partial charge in [0.05, 0.1) is 23.6 Å². The first kappa shape index (κ1) is 16.2. The molecule has 0 bridgehead atoms. The van der Waals surface area contributed by atoms with Gasteiger partial charge in [0.15, 0.2) is 5.96 Å². The molecule has 3 rings (SSSR count). The van der Waals surface area contributed by atoms with Gasteiger partial charge in [-0.25, -0.2) is 0 Å². The number of nitrogens with zero attached hydrogens (tertiary/aromatic N) is 2. The number of hydrogen-bond donors (Lipinski definition) is 2. The minimum atomic E-state index is -0.236. The maximum Gasteiger partial charge on any atom is 0.234 e. The third-order valence-corrected chi connectivity index (χ3v) is 5.53. The Bertz CT molecular complexity index is 864. The number of thiophene rings is 1. The second-order valence-electron chi connectivity index (χ2n) is 5.97. The quantitative estimate of drug-likeness (QED) is 0.882. The lowest BCUT2D eigenvalue weighted by Crippen LogP contribution is -2.53. The van der Waals surface area contributed by atoms with Gasteiger partial charge in [-0.3, -0.25) is 15.1 Å². The zero-order valence-electron chi connectivity index (χ0n) is 13.8. The van der Waals surface area contributed by atoms with Crippen LogP contribution >= 0.6 is 11.3 Å². The second-order valence-corrected chi connectivity index (χ2v) is 7.26. The van der Waals surface area contributed by atoms with Gasteiger partial charge in [-0.2, -0.15) is 5.26 Å². The van der Waals surface area contributed by atoms with E-state index in [4.69, 9.17) is 10.7 Å². The van der Waals surface area contributed by atoms with Gasteiger partial charge >= 0.3 is 0 Å². The van der Waals surface area contributed by atoms with Gasteiger partial charge in [0.2, 0.25) is 5.91 Å². The number of carbonyl (C=O) groups excluding carboxylic acids is 1. The molecule has 1 unspecified atom stereocenters. The first-order chi connectivity index (χ1) is 11.4. The van der Waals surface area contributed by atoms with Gasteiger partial charge < -0.3 is 5.32 Å². The molecule has 122 valence electrons. The Balaban J connectivity index is 1.98. The van der Waals surface area contributed by atoms with Crippen LogP contribution in [0.3, 0.4) is 0 Å². The lowest BCUT2D eigenvalue weighted by atomic mass is 9.95. The predicted octanol–water partition coefficient (Wildman–Crippen LogP) is 3.27. The number of aryl methyl sites for hydroxylation is 1. The van der Waals surface area contributed by atoms with Crippen molar-refractivity contribution in [3.05, 3.63) is 45.6 Å². The summed E-state index contributed by atoms with van der Waals surface area (Å²) >= 11 is 1.63. The van der Waals surface area contributed by atoms with E-state index >= 15 is 0 Å². The minimum Gasteiger partial charge on any atom is -0.348 e. The summed E-state index contributed by atoms with van der Waals surface area (Å²) in [5, 5.41) is 20.1. The van der Waals surface area contributed by atoms with E-state index in [-0.39, 0.29) is 23.8 Å². The Labute approximate surface area is 145 Å². The summed E-state index contributed by atoms with van der Waals surface area (Å²) in [5.74, 6) is -0.162. The molecule has 1 saturated heterocycles. The molecule has 5 nitrogen and oxygen atoms in total. The molecule has 2 atom stereocenters. The average Bonchev–Trinajstić information content (AvgIpc) is 2.97. The molecule has 6 heteroatoms. The monoisotopic (exact) mass is 338 g/mol. The number of nitriles is 1. The van der Waals surface area contributed by atoms with Crippen LogP contribution in [-0.2, 0) is 4.79 Å².